The van der Waals surface area contributed by atoms with Crippen molar-refractivity contribution in [3.05, 3.63) is 59.7 Å². The van der Waals surface area contributed by atoms with Gasteiger partial charge in [0.25, 0.3) is 5.91 Å². The Morgan fingerprint density at radius 1 is 1.00 bits per heavy atom. The van der Waals surface area contributed by atoms with E-state index in [0.29, 0.717) is 17.5 Å². The molecule has 1 aliphatic rings. The first kappa shape index (κ1) is 21.1. The van der Waals surface area contributed by atoms with Crippen molar-refractivity contribution in [2.24, 2.45) is 0 Å². The van der Waals surface area contributed by atoms with Crippen LogP contribution in [0.2, 0.25) is 0 Å². The summed E-state index contributed by atoms with van der Waals surface area (Å²) in [6.45, 7) is 7.89. The zero-order chi connectivity index (χ0) is 22.2. The van der Waals surface area contributed by atoms with Crippen LogP contribution in [0.3, 0.4) is 0 Å². The molecule has 1 aliphatic heterocycles. The Labute approximate surface area is 185 Å². The van der Waals surface area contributed by atoms with Gasteiger partial charge < -0.3 is 5.32 Å². The predicted octanol–water partition coefficient (Wildman–Crippen LogP) is 3.97. The molecule has 2 aromatic carbocycles. The second-order valence-electron chi connectivity index (χ2n) is 8.14. The molecule has 0 unspecified atom stereocenters. The van der Waals surface area contributed by atoms with Gasteiger partial charge >= 0.3 is 6.03 Å². The smallest absolute Gasteiger partial charge is 0.324 e. The SMILES string of the molecule is Cc1ccc(-n2c(SCCN3C(=O)NC(C)(C)C3=O)nnc2-c2ccccc2)cc1C. The number of carbonyl (C=O) groups excluding carboxylic acids is 2. The molecule has 0 atom stereocenters. The highest BCUT2D eigenvalue weighted by atomic mass is 32.2. The first-order valence-electron chi connectivity index (χ1n) is 10.1. The summed E-state index contributed by atoms with van der Waals surface area (Å²) in [4.78, 5) is 25.8. The molecule has 0 aliphatic carbocycles. The standard InChI is InChI=1S/C23H25N5O2S/c1-15-10-11-18(14-16(15)2)28-19(17-8-6-5-7-9-17)25-26-22(28)31-13-12-27-20(29)23(3,4)24-21(27)30/h5-11,14H,12-13H2,1-4H3,(H,24,30). The number of urea groups is 1. The van der Waals surface area contributed by atoms with E-state index in [1.54, 1.807) is 13.8 Å². The molecule has 4 rings (SSSR count). The van der Waals surface area contributed by atoms with Crippen molar-refractivity contribution in [2.75, 3.05) is 12.3 Å². The molecule has 1 fully saturated rings. The van der Waals surface area contributed by atoms with Crippen LogP contribution in [-0.2, 0) is 4.79 Å². The zero-order valence-corrected chi connectivity index (χ0v) is 18.9. The average molecular weight is 436 g/mol. The van der Waals surface area contributed by atoms with Gasteiger partial charge in [-0.3, -0.25) is 14.3 Å². The number of hydrogen-bond acceptors (Lipinski definition) is 5. The van der Waals surface area contributed by atoms with Crippen molar-refractivity contribution in [2.45, 2.75) is 38.4 Å². The molecule has 31 heavy (non-hydrogen) atoms. The number of nitrogens with one attached hydrogen (secondary N) is 1. The first-order chi connectivity index (χ1) is 14.8. The number of aryl methyl sites for hydroxylation is 2. The van der Waals surface area contributed by atoms with Gasteiger partial charge in [0.05, 0.1) is 5.69 Å². The summed E-state index contributed by atoms with van der Waals surface area (Å²) in [6, 6.07) is 15.8. The fourth-order valence-corrected chi connectivity index (χ4v) is 4.36. The molecule has 2 heterocycles. The Morgan fingerprint density at radius 2 is 1.74 bits per heavy atom. The maximum Gasteiger partial charge on any atom is 0.325 e. The van der Waals surface area contributed by atoms with E-state index in [4.69, 9.17) is 0 Å². The average Bonchev–Trinajstić information content (AvgIpc) is 3.24. The Kier molecular flexibility index (Phi) is 5.58. The molecule has 3 amide bonds. The summed E-state index contributed by atoms with van der Waals surface area (Å²) in [6.07, 6.45) is 0. The Bertz CT molecular complexity index is 1140. The van der Waals surface area contributed by atoms with Crippen LogP contribution in [0.15, 0.2) is 53.7 Å². The highest BCUT2D eigenvalue weighted by Crippen LogP contribution is 2.29. The van der Waals surface area contributed by atoms with Crippen LogP contribution in [0.1, 0.15) is 25.0 Å². The van der Waals surface area contributed by atoms with Crippen LogP contribution < -0.4 is 5.32 Å². The highest BCUT2D eigenvalue weighted by Gasteiger charge is 2.43. The van der Waals surface area contributed by atoms with E-state index < -0.39 is 5.54 Å². The lowest BCUT2D eigenvalue weighted by Crippen LogP contribution is -2.40. The summed E-state index contributed by atoms with van der Waals surface area (Å²) in [5.74, 6) is 1.06. The molecule has 0 spiro atoms. The van der Waals surface area contributed by atoms with E-state index in [-0.39, 0.29) is 11.9 Å². The maximum atomic E-state index is 12.4. The number of aromatic nitrogens is 3. The minimum Gasteiger partial charge on any atom is -0.324 e. The first-order valence-corrected chi connectivity index (χ1v) is 11.1. The molecular weight excluding hydrogens is 410 g/mol. The summed E-state index contributed by atoms with van der Waals surface area (Å²) >= 11 is 1.47. The third-order valence-corrected chi connectivity index (χ3v) is 6.31. The summed E-state index contributed by atoms with van der Waals surface area (Å²) < 4.78 is 2.03. The minimum absolute atomic E-state index is 0.210. The molecule has 0 radical (unpaired) electrons. The quantitative estimate of drug-likeness (QED) is 0.468. The van der Waals surface area contributed by atoms with Crippen molar-refractivity contribution in [3.63, 3.8) is 0 Å². The number of hydrogen-bond donors (Lipinski definition) is 1. The number of thioether (sulfide) groups is 1. The molecule has 8 heteroatoms. The molecule has 3 aromatic rings. The molecule has 1 N–H and O–H groups in total. The van der Waals surface area contributed by atoms with Crippen molar-refractivity contribution in [1.29, 1.82) is 0 Å². The second-order valence-corrected chi connectivity index (χ2v) is 9.20. The molecular formula is C23H25N5O2S. The predicted molar refractivity (Wildman–Crippen MR) is 121 cm³/mol. The molecule has 0 saturated carbocycles. The van der Waals surface area contributed by atoms with Crippen LogP contribution in [0.25, 0.3) is 17.1 Å². The third kappa shape index (κ3) is 4.07. The monoisotopic (exact) mass is 435 g/mol. The molecule has 160 valence electrons. The normalized spacial score (nSPS) is 15.4. The lowest BCUT2D eigenvalue weighted by molar-refractivity contribution is -0.130. The van der Waals surface area contributed by atoms with Gasteiger partial charge in [-0.1, -0.05) is 48.2 Å². The van der Waals surface area contributed by atoms with Crippen LogP contribution in [0.5, 0.6) is 0 Å². The van der Waals surface area contributed by atoms with E-state index in [9.17, 15) is 9.59 Å². The lowest BCUT2D eigenvalue weighted by Gasteiger charge is -2.16. The van der Waals surface area contributed by atoms with Gasteiger partial charge in [0.2, 0.25) is 0 Å². The van der Waals surface area contributed by atoms with Crippen molar-refractivity contribution in [1.82, 2.24) is 25.0 Å². The van der Waals surface area contributed by atoms with E-state index in [2.05, 4.69) is 47.6 Å². The van der Waals surface area contributed by atoms with E-state index >= 15 is 0 Å². The highest BCUT2D eigenvalue weighted by molar-refractivity contribution is 7.99. The Morgan fingerprint density at radius 3 is 2.39 bits per heavy atom. The third-order valence-electron chi connectivity index (χ3n) is 5.40. The van der Waals surface area contributed by atoms with Gasteiger partial charge in [0, 0.05) is 17.9 Å². The zero-order valence-electron chi connectivity index (χ0n) is 18.0. The minimum atomic E-state index is -0.859. The Balaban J connectivity index is 1.62. The summed E-state index contributed by atoms with van der Waals surface area (Å²) in [5, 5.41) is 12.3. The lowest BCUT2D eigenvalue weighted by atomic mass is 10.1. The van der Waals surface area contributed by atoms with E-state index in [1.807, 2.05) is 34.9 Å². The van der Waals surface area contributed by atoms with Gasteiger partial charge in [-0.2, -0.15) is 0 Å². The number of imide groups is 1. The Hall–Kier alpha value is -3.13. The fraction of sp³-hybridized carbons (Fsp3) is 0.304. The fourth-order valence-electron chi connectivity index (χ4n) is 3.48. The number of amides is 3. The number of carbonyl (C=O) groups is 2. The number of nitrogens with zero attached hydrogens (tertiary/aromatic N) is 4. The maximum absolute atomic E-state index is 12.4. The second kappa shape index (κ2) is 8.19. The number of rotatable bonds is 6. The van der Waals surface area contributed by atoms with Gasteiger partial charge in [-0.15, -0.1) is 10.2 Å². The molecule has 1 saturated heterocycles. The van der Waals surface area contributed by atoms with Gasteiger partial charge in [-0.05, 0) is 51.0 Å². The van der Waals surface area contributed by atoms with Crippen molar-refractivity contribution >= 4 is 23.7 Å². The van der Waals surface area contributed by atoms with Crippen LogP contribution in [0, 0.1) is 13.8 Å². The topological polar surface area (TPSA) is 80.1 Å². The van der Waals surface area contributed by atoms with Crippen LogP contribution in [0.4, 0.5) is 4.79 Å². The van der Waals surface area contributed by atoms with Gasteiger partial charge in [-0.25, -0.2) is 4.79 Å². The molecule has 7 nitrogen and oxygen atoms in total. The van der Waals surface area contributed by atoms with E-state index in [1.165, 1.54) is 27.8 Å². The summed E-state index contributed by atoms with van der Waals surface area (Å²) in [7, 11) is 0. The van der Waals surface area contributed by atoms with Gasteiger partial charge in [0.1, 0.15) is 5.54 Å². The largest absolute Gasteiger partial charge is 0.325 e. The van der Waals surface area contributed by atoms with Crippen molar-refractivity contribution < 1.29 is 9.59 Å². The summed E-state index contributed by atoms with van der Waals surface area (Å²) in [5.41, 5.74) is 3.49. The van der Waals surface area contributed by atoms with Crippen LogP contribution >= 0.6 is 11.8 Å². The van der Waals surface area contributed by atoms with Crippen molar-refractivity contribution in [3.8, 4) is 17.1 Å². The molecule has 0 bridgehead atoms. The molecule has 1 aromatic heterocycles. The van der Waals surface area contributed by atoms with Gasteiger partial charge in [0.15, 0.2) is 11.0 Å². The number of benzene rings is 2. The van der Waals surface area contributed by atoms with E-state index in [0.717, 1.165) is 17.1 Å². The van der Waals surface area contributed by atoms with Crippen LogP contribution in [-0.4, -0.2) is 49.4 Å².